The van der Waals surface area contributed by atoms with Crippen molar-refractivity contribution < 1.29 is 4.42 Å². The number of benzene rings is 4. The van der Waals surface area contributed by atoms with Gasteiger partial charge in [-0.05, 0) is 71.6 Å². The predicted octanol–water partition coefficient (Wildman–Crippen LogP) is 9.32. The average Bonchev–Trinajstić information content (AvgIpc) is 3.47. The number of fused-ring (bicyclic) bond motifs is 3. The summed E-state index contributed by atoms with van der Waals surface area (Å²) >= 11 is 7.28. The standard InChI is InChI=1S/C30H23Br2N3O/c1-30(2,3)19-10-8-18(9-11-19)28-33-34-29(36-28)22-6-4-5-7-25(22)35-26-14-12-20(31)16-23(26)24-17-21(32)13-15-27(24)35/h4-17H,1-3H3. The van der Waals surface area contributed by atoms with E-state index in [9.17, 15) is 0 Å². The molecule has 0 aliphatic carbocycles. The van der Waals surface area contributed by atoms with Crippen LogP contribution in [0.1, 0.15) is 26.3 Å². The minimum atomic E-state index is 0.0883. The summed E-state index contributed by atoms with van der Waals surface area (Å²) in [6.45, 7) is 6.61. The van der Waals surface area contributed by atoms with Gasteiger partial charge >= 0.3 is 0 Å². The fourth-order valence-corrected chi connectivity index (χ4v) is 5.36. The van der Waals surface area contributed by atoms with E-state index in [0.29, 0.717) is 11.8 Å². The normalized spacial score (nSPS) is 12.0. The Balaban J connectivity index is 1.51. The van der Waals surface area contributed by atoms with Gasteiger partial charge in [-0.2, -0.15) is 0 Å². The van der Waals surface area contributed by atoms with Gasteiger partial charge in [0.1, 0.15) is 0 Å². The SMILES string of the molecule is CC(C)(C)c1ccc(-c2nnc(-c3ccccc3-n3c4ccc(Br)cc4c4cc(Br)ccc43)o2)cc1. The van der Waals surface area contributed by atoms with Crippen molar-refractivity contribution in [1.82, 2.24) is 14.8 Å². The largest absolute Gasteiger partial charge is 0.416 e. The first-order chi connectivity index (χ1) is 17.3. The molecule has 178 valence electrons. The molecule has 6 aromatic rings. The van der Waals surface area contributed by atoms with Crippen LogP contribution in [0.4, 0.5) is 0 Å². The second-order valence-corrected chi connectivity index (χ2v) is 11.7. The molecule has 0 saturated heterocycles. The van der Waals surface area contributed by atoms with Crippen LogP contribution in [0.3, 0.4) is 0 Å². The van der Waals surface area contributed by atoms with Crippen LogP contribution in [0.15, 0.2) is 98.3 Å². The number of hydrogen-bond acceptors (Lipinski definition) is 3. The zero-order valence-electron chi connectivity index (χ0n) is 20.1. The molecule has 0 bridgehead atoms. The Bertz CT molecular complexity index is 1680. The van der Waals surface area contributed by atoms with Crippen molar-refractivity contribution in [3.63, 3.8) is 0 Å². The molecule has 0 saturated carbocycles. The second-order valence-electron chi connectivity index (χ2n) is 9.92. The van der Waals surface area contributed by atoms with Gasteiger partial charge in [0.05, 0.1) is 22.3 Å². The summed E-state index contributed by atoms with van der Waals surface area (Å²) in [5.41, 5.74) is 6.34. The average molecular weight is 601 g/mol. The lowest BCUT2D eigenvalue weighted by Gasteiger charge is -2.18. The second kappa shape index (κ2) is 8.71. The molecule has 0 fully saturated rings. The minimum absolute atomic E-state index is 0.0883. The summed E-state index contributed by atoms with van der Waals surface area (Å²) in [5, 5.41) is 11.2. The first-order valence-corrected chi connectivity index (χ1v) is 13.3. The maximum Gasteiger partial charge on any atom is 0.250 e. The van der Waals surface area contributed by atoms with Crippen LogP contribution in [0.5, 0.6) is 0 Å². The summed E-state index contributed by atoms with van der Waals surface area (Å²) in [7, 11) is 0. The van der Waals surface area contributed by atoms with E-state index in [1.165, 1.54) is 16.3 Å². The molecule has 2 heterocycles. The highest BCUT2D eigenvalue weighted by Crippen LogP contribution is 2.38. The molecule has 0 amide bonds. The molecule has 0 spiro atoms. The van der Waals surface area contributed by atoms with Crippen LogP contribution >= 0.6 is 31.9 Å². The van der Waals surface area contributed by atoms with E-state index in [0.717, 1.165) is 36.8 Å². The summed E-state index contributed by atoms with van der Waals surface area (Å²) in [6.07, 6.45) is 0. The van der Waals surface area contributed by atoms with Crippen molar-refractivity contribution in [1.29, 1.82) is 0 Å². The molecule has 0 unspecified atom stereocenters. The van der Waals surface area contributed by atoms with Gasteiger partial charge in [-0.25, -0.2) is 0 Å². The van der Waals surface area contributed by atoms with Crippen LogP contribution < -0.4 is 0 Å². The summed E-state index contributed by atoms with van der Waals surface area (Å²) in [6, 6.07) is 29.3. The minimum Gasteiger partial charge on any atom is -0.416 e. The van der Waals surface area contributed by atoms with E-state index >= 15 is 0 Å². The Labute approximate surface area is 226 Å². The molecular formula is C30H23Br2N3O. The fourth-order valence-electron chi connectivity index (χ4n) is 4.64. The molecule has 0 N–H and O–H groups in total. The molecule has 36 heavy (non-hydrogen) atoms. The topological polar surface area (TPSA) is 43.9 Å². The lowest BCUT2D eigenvalue weighted by molar-refractivity contribution is 0.581. The number of aromatic nitrogens is 3. The van der Waals surface area contributed by atoms with E-state index in [1.54, 1.807) is 0 Å². The third-order valence-electron chi connectivity index (χ3n) is 6.49. The van der Waals surface area contributed by atoms with Gasteiger partial charge in [-0.3, -0.25) is 0 Å². The van der Waals surface area contributed by atoms with Crippen LogP contribution in [0, 0.1) is 0 Å². The van der Waals surface area contributed by atoms with Crippen LogP contribution in [-0.2, 0) is 5.41 Å². The van der Waals surface area contributed by atoms with E-state index in [-0.39, 0.29) is 5.41 Å². The highest BCUT2D eigenvalue weighted by Gasteiger charge is 2.20. The molecule has 0 aliphatic rings. The Hall–Kier alpha value is -3.22. The quantitative estimate of drug-likeness (QED) is 0.203. The number of para-hydroxylation sites is 1. The molecule has 2 aromatic heterocycles. The van der Waals surface area contributed by atoms with E-state index in [2.05, 4.69) is 122 Å². The fraction of sp³-hybridized carbons (Fsp3) is 0.133. The van der Waals surface area contributed by atoms with Crippen LogP contribution in [0.2, 0.25) is 0 Å². The van der Waals surface area contributed by atoms with E-state index in [1.807, 2.05) is 30.3 Å². The summed E-state index contributed by atoms with van der Waals surface area (Å²) in [5.74, 6) is 1.00. The Morgan fingerprint density at radius 3 is 1.89 bits per heavy atom. The smallest absolute Gasteiger partial charge is 0.250 e. The van der Waals surface area contributed by atoms with Crippen molar-refractivity contribution in [3.8, 4) is 28.6 Å². The van der Waals surface area contributed by atoms with Crippen LogP contribution in [0.25, 0.3) is 50.4 Å². The lowest BCUT2D eigenvalue weighted by atomic mass is 9.87. The zero-order valence-corrected chi connectivity index (χ0v) is 23.3. The highest BCUT2D eigenvalue weighted by atomic mass is 79.9. The molecule has 6 heteroatoms. The van der Waals surface area contributed by atoms with Gasteiger partial charge in [0.25, 0.3) is 0 Å². The molecule has 0 aliphatic heterocycles. The molecular weight excluding hydrogens is 578 g/mol. The summed E-state index contributed by atoms with van der Waals surface area (Å²) in [4.78, 5) is 0. The van der Waals surface area contributed by atoms with Crippen molar-refractivity contribution in [3.05, 3.63) is 99.4 Å². The third-order valence-corrected chi connectivity index (χ3v) is 7.47. The molecule has 4 nitrogen and oxygen atoms in total. The van der Waals surface area contributed by atoms with Gasteiger partial charge in [-0.1, -0.05) is 76.9 Å². The van der Waals surface area contributed by atoms with Crippen LogP contribution in [-0.4, -0.2) is 14.8 Å². The molecule has 0 atom stereocenters. The number of halogens is 2. The van der Waals surface area contributed by atoms with Crippen molar-refractivity contribution in [2.24, 2.45) is 0 Å². The van der Waals surface area contributed by atoms with Gasteiger partial charge in [0.15, 0.2) is 0 Å². The number of rotatable bonds is 3. The maximum atomic E-state index is 6.23. The van der Waals surface area contributed by atoms with Crippen molar-refractivity contribution in [2.75, 3.05) is 0 Å². The Morgan fingerprint density at radius 2 is 1.28 bits per heavy atom. The molecule has 4 aromatic carbocycles. The Morgan fingerprint density at radius 1 is 0.694 bits per heavy atom. The number of nitrogens with zero attached hydrogens (tertiary/aromatic N) is 3. The first-order valence-electron chi connectivity index (χ1n) is 11.7. The van der Waals surface area contributed by atoms with Crippen molar-refractivity contribution in [2.45, 2.75) is 26.2 Å². The maximum absolute atomic E-state index is 6.23. The molecule has 6 rings (SSSR count). The molecule has 0 radical (unpaired) electrons. The monoisotopic (exact) mass is 599 g/mol. The Kier molecular flexibility index (Phi) is 5.61. The van der Waals surface area contributed by atoms with E-state index < -0.39 is 0 Å². The lowest BCUT2D eigenvalue weighted by Crippen LogP contribution is -2.10. The van der Waals surface area contributed by atoms with Gasteiger partial charge < -0.3 is 8.98 Å². The van der Waals surface area contributed by atoms with E-state index in [4.69, 9.17) is 4.42 Å². The van der Waals surface area contributed by atoms with Gasteiger partial charge in [0.2, 0.25) is 11.8 Å². The third kappa shape index (κ3) is 3.98. The first kappa shape index (κ1) is 23.2. The number of hydrogen-bond donors (Lipinski definition) is 0. The highest BCUT2D eigenvalue weighted by molar-refractivity contribution is 9.10. The predicted molar refractivity (Wildman–Crippen MR) is 154 cm³/mol. The summed E-state index contributed by atoms with van der Waals surface area (Å²) < 4.78 is 10.6. The van der Waals surface area contributed by atoms with Gasteiger partial charge in [0, 0.05) is 25.3 Å². The van der Waals surface area contributed by atoms with Gasteiger partial charge in [-0.15, -0.1) is 10.2 Å². The van der Waals surface area contributed by atoms with Crippen molar-refractivity contribution >= 4 is 53.7 Å². The zero-order chi connectivity index (χ0) is 25.0.